The minimum atomic E-state index is -0.458. The first-order valence-corrected chi connectivity index (χ1v) is 12.0. The van der Waals surface area contributed by atoms with Crippen molar-refractivity contribution in [3.63, 3.8) is 0 Å². The molecule has 7 rings (SSSR count). The Bertz CT molecular complexity index is 1840. The maximum Gasteiger partial charge on any atom is 0.161 e. The lowest BCUT2D eigenvalue weighted by atomic mass is 10.1. The Kier molecular flexibility index (Phi) is 4.39. The number of halogens is 1. The van der Waals surface area contributed by atoms with Gasteiger partial charge in [0, 0.05) is 41.0 Å². The highest BCUT2D eigenvalue weighted by atomic mass is 19.1. The van der Waals surface area contributed by atoms with Gasteiger partial charge in [0.1, 0.15) is 28.5 Å². The van der Waals surface area contributed by atoms with Crippen LogP contribution in [0.3, 0.4) is 0 Å². The van der Waals surface area contributed by atoms with Crippen LogP contribution in [0.25, 0.3) is 44.8 Å². The topological polar surface area (TPSA) is 82.4 Å². The van der Waals surface area contributed by atoms with Crippen molar-refractivity contribution in [3.05, 3.63) is 71.6 Å². The van der Waals surface area contributed by atoms with Crippen molar-refractivity contribution in [2.75, 3.05) is 0 Å². The van der Waals surface area contributed by atoms with Crippen molar-refractivity contribution in [2.24, 2.45) is 5.92 Å². The molecule has 8 nitrogen and oxygen atoms in total. The first-order valence-electron chi connectivity index (χ1n) is 12.0. The number of rotatable bonds is 5. The summed E-state index contributed by atoms with van der Waals surface area (Å²) in [5.41, 5.74) is 6.41. The second-order valence-electron chi connectivity index (χ2n) is 9.59. The van der Waals surface area contributed by atoms with Gasteiger partial charge in [-0.25, -0.2) is 13.9 Å². The molecule has 1 aliphatic carbocycles. The zero-order chi connectivity index (χ0) is 24.6. The van der Waals surface area contributed by atoms with Gasteiger partial charge in [-0.15, -0.1) is 10.2 Å². The van der Waals surface area contributed by atoms with E-state index in [9.17, 15) is 9.18 Å². The Morgan fingerprint density at radius 1 is 1.11 bits per heavy atom. The zero-order valence-electron chi connectivity index (χ0n) is 19.8. The van der Waals surface area contributed by atoms with Crippen molar-refractivity contribution in [1.82, 2.24) is 33.8 Å². The van der Waals surface area contributed by atoms with E-state index in [4.69, 9.17) is 10.1 Å². The first-order chi connectivity index (χ1) is 17.5. The molecule has 0 aromatic carbocycles. The number of hydrogen-bond donors (Lipinski definition) is 0. The molecule has 1 saturated carbocycles. The summed E-state index contributed by atoms with van der Waals surface area (Å²) in [4.78, 5) is 16.3. The lowest BCUT2D eigenvalue weighted by Gasteiger charge is -2.10. The third kappa shape index (κ3) is 3.16. The summed E-state index contributed by atoms with van der Waals surface area (Å²) >= 11 is 0. The number of aryl methyl sites for hydroxylation is 2. The third-order valence-corrected chi connectivity index (χ3v) is 7.07. The largest absolute Gasteiger partial charge is 0.324 e. The van der Waals surface area contributed by atoms with Gasteiger partial charge in [0.05, 0.1) is 11.4 Å². The normalized spacial score (nSPS) is 13.9. The van der Waals surface area contributed by atoms with Crippen molar-refractivity contribution in [2.45, 2.75) is 33.2 Å². The van der Waals surface area contributed by atoms with Crippen LogP contribution in [0.4, 0.5) is 4.39 Å². The van der Waals surface area contributed by atoms with Gasteiger partial charge in [-0.1, -0.05) is 0 Å². The molecule has 1 aliphatic rings. The van der Waals surface area contributed by atoms with E-state index in [1.807, 2.05) is 42.6 Å². The first kappa shape index (κ1) is 20.9. The third-order valence-electron chi connectivity index (χ3n) is 7.07. The Morgan fingerprint density at radius 3 is 2.78 bits per heavy atom. The molecule has 0 bridgehead atoms. The predicted octanol–water partition coefficient (Wildman–Crippen LogP) is 5.04. The summed E-state index contributed by atoms with van der Waals surface area (Å²) in [6.45, 7) is 4.62. The fourth-order valence-corrected chi connectivity index (χ4v) is 5.00. The van der Waals surface area contributed by atoms with Crippen LogP contribution >= 0.6 is 0 Å². The fraction of sp³-hybridized carbons (Fsp3) is 0.222. The number of pyridine rings is 3. The van der Waals surface area contributed by atoms with Crippen LogP contribution in [0, 0.1) is 25.6 Å². The second kappa shape index (κ2) is 7.55. The number of nitrogens with zero attached hydrogens (tertiary/aromatic N) is 7. The van der Waals surface area contributed by atoms with Gasteiger partial charge in [-0.05, 0) is 69.0 Å². The summed E-state index contributed by atoms with van der Waals surface area (Å²) in [5.74, 6) is 0.971. The number of aldehydes is 1. The molecule has 1 fully saturated rings. The quantitative estimate of drug-likeness (QED) is 0.324. The van der Waals surface area contributed by atoms with Gasteiger partial charge in [0.25, 0.3) is 0 Å². The van der Waals surface area contributed by atoms with E-state index in [1.165, 1.54) is 23.4 Å². The highest BCUT2D eigenvalue weighted by Gasteiger charge is 2.26. The summed E-state index contributed by atoms with van der Waals surface area (Å²) in [7, 11) is 0. The number of fused-ring (bicyclic) bond motifs is 3. The van der Waals surface area contributed by atoms with Crippen molar-refractivity contribution < 1.29 is 9.18 Å². The molecular formula is C27H22FN7O. The lowest BCUT2D eigenvalue weighted by Crippen LogP contribution is -2.04. The van der Waals surface area contributed by atoms with E-state index in [-0.39, 0.29) is 5.56 Å². The predicted molar refractivity (Wildman–Crippen MR) is 133 cm³/mol. The van der Waals surface area contributed by atoms with Gasteiger partial charge in [-0.3, -0.25) is 9.20 Å². The molecule has 0 saturated heterocycles. The number of carbonyl (C=O) groups excluding carboxylic acids is 1. The van der Waals surface area contributed by atoms with Gasteiger partial charge < -0.3 is 4.57 Å². The van der Waals surface area contributed by atoms with Gasteiger partial charge in [-0.2, -0.15) is 5.10 Å². The van der Waals surface area contributed by atoms with Gasteiger partial charge >= 0.3 is 0 Å². The van der Waals surface area contributed by atoms with Crippen LogP contribution in [0.15, 0.2) is 48.8 Å². The standard InChI is InChI=1S/C27H22FN7O/c1-15-25(32-35-13-18(14-36)9-21(28)26(15)35)23-10-20-5-6-22(29-27(20)34(23)12-17-3-4-17)19-7-8-33-16(2)30-31-24(33)11-19/h5-11,13-14,17H,3-4,12H2,1-2H3. The molecule has 6 aromatic rings. The summed E-state index contributed by atoms with van der Waals surface area (Å²) in [6, 6.07) is 11.4. The summed E-state index contributed by atoms with van der Waals surface area (Å²) < 4.78 is 20.5. The molecule has 0 radical (unpaired) electrons. The Morgan fingerprint density at radius 2 is 1.97 bits per heavy atom. The van der Waals surface area contributed by atoms with E-state index in [2.05, 4.69) is 26.9 Å². The van der Waals surface area contributed by atoms with Crippen LogP contribution in [0.5, 0.6) is 0 Å². The van der Waals surface area contributed by atoms with Crippen LogP contribution in [-0.4, -0.2) is 40.0 Å². The van der Waals surface area contributed by atoms with E-state index in [0.29, 0.717) is 23.4 Å². The number of hydrogen-bond acceptors (Lipinski definition) is 5. The zero-order valence-corrected chi connectivity index (χ0v) is 19.8. The lowest BCUT2D eigenvalue weighted by molar-refractivity contribution is 0.112. The molecule has 9 heteroatoms. The van der Waals surface area contributed by atoms with Crippen molar-refractivity contribution >= 4 is 28.5 Å². The van der Waals surface area contributed by atoms with Gasteiger partial charge in [0.15, 0.2) is 11.9 Å². The van der Waals surface area contributed by atoms with Crippen molar-refractivity contribution in [3.8, 4) is 22.6 Å². The molecule has 0 spiro atoms. The number of aromatic nitrogens is 7. The minimum absolute atomic E-state index is 0.249. The number of carbonyl (C=O) groups is 1. The van der Waals surface area contributed by atoms with Crippen LogP contribution in [0.2, 0.25) is 0 Å². The molecular weight excluding hydrogens is 457 g/mol. The Balaban J connectivity index is 1.42. The van der Waals surface area contributed by atoms with Gasteiger partial charge in [0.2, 0.25) is 0 Å². The monoisotopic (exact) mass is 479 g/mol. The molecule has 0 aliphatic heterocycles. The van der Waals surface area contributed by atoms with E-state index >= 15 is 0 Å². The Labute approximate surface area is 205 Å². The van der Waals surface area contributed by atoms with E-state index < -0.39 is 5.82 Å². The smallest absolute Gasteiger partial charge is 0.161 e. The van der Waals surface area contributed by atoms with Crippen LogP contribution in [-0.2, 0) is 6.54 Å². The molecule has 36 heavy (non-hydrogen) atoms. The molecule has 0 amide bonds. The SMILES string of the molecule is Cc1c(-c2cc3ccc(-c4ccn5c(C)nnc5c4)nc3n2CC2CC2)nn2cc(C=O)cc(F)c12. The molecule has 6 heterocycles. The highest BCUT2D eigenvalue weighted by molar-refractivity contribution is 5.87. The molecule has 178 valence electrons. The Hall–Kier alpha value is -4.40. The minimum Gasteiger partial charge on any atom is -0.324 e. The molecule has 0 atom stereocenters. The van der Waals surface area contributed by atoms with Crippen LogP contribution < -0.4 is 0 Å². The van der Waals surface area contributed by atoms with Crippen molar-refractivity contribution in [1.29, 1.82) is 0 Å². The summed E-state index contributed by atoms with van der Waals surface area (Å²) in [5, 5.41) is 14.1. The average Bonchev–Trinajstić information content (AvgIpc) is 3.41. The average molecular weight is 480 g/mol. The second-order valence-corrected chi connectivity index (χ2v) is 9.59. The van der Waals surface area contributed by atoms with E-state index in [0.717, 1.165) is 51.6 Å². The molecule has 0 N–H and O–H groups in total. The van der Waals surface area contributed by atoms with E-state index in [1.54, 1.807) is 6.20 Å². The van der Waals surface area contributed by atoms with Crippen LogP contribution in [0.1, 0.15) is 34.6 Å². The molecule has 6 aromatic heterocycles. The summed E-state index contributed by atoms with van der Waals surface area (Å²) in [6.07, 6.45) is 6.52. The molecule has 0 unspecified atom stereocenters. The fourth-order valence-electron chi connectivity index (χ4n) is 5.00. The highest BCUT2D eigenvalue weighted by Crippen LogP contribution is 2.37. The maximum atomic E-state index is 14.9. The maximum absolute atomic E-state index is 14.9.